The van der Waals surface area contributed by atoms with Gasteiger partial charge in [-0.3, -0.25) is 9.59 Å². The number of allylic oxidation sites excluding steroid dienone is 2. The lowest BCUT2D eigenvalue weighted by atomic mass is 9.60. The Balaban J connectivity index is 1.96. The minimum atomic E-state index is -0.0671. The van der Waals surface area contributed by atoms with Crippen molar-refractivity contribution >= 4 is 11.6 Å². The van der Waals surface area contributed by atoms with Crippen LogP contribution in [-0.2, 0) is 9.59 Å². The van der Waals surface area contributed by atoms with E-state index in [9.17, 15) is 9.59 Å². The van der Waals surface area contributed by atoms with Crippen molar-refractivity contribution in [2.24, 2.45) is 17.3 Å². The van der Waals surface area contributed by atoms with Crippen LogP contribution >= 0.6 is 0 Å². The zero-order chi connectivity index (χ0) is 11.3. The highest BCUT2D eigenvalue weighted by Gasteiger charge is 2.52. The van der Waals surface area contributed by atoms with E-state index in [-0.39, 0.29) is 5.41 Å². The molecule has 3 aliphatic carbocycles. The van der Waals surface area contributed by atoms with Gasteiger partial charge in [0.25, 0.3) is 0 Å². The fourth-order valence-corrected chi connectivity index (χ4v) is 4.06. The first-order valence-corrected chi connectivity index (χ1v) is 6.38. The molecular formula is C14H18O2. The first-order valence-electron chi connectivity index (χ1n) is 6.38. The van der Waals surface area contributed by atoms with E-state index in [0.717, 1.165) is 32.1 Å². The molecule has 0 unspecified atom stereocenters. The van der Waals surface area contributed by atoms with E-state index in [2.05, 4.69) is 6.92 Å². The van der Waals surface area contributed by atoms with Gasteiger partial charge in [-0.1, -0.05) is 12.5 Å². The van der Waals surface area contributed by atoms with E-state index in [1.807, 2.05) is 6.08 Å². The van der Waals surface area contributed by atoms with Crippen LogP contribution in [0.5, 0.6) is 0 Å². The summed E-state index contributed by atoms with van der Waals surface area (Å²) < 4.78 is 0. The Labute approximate surface area is 96.1 Å². The minimum absolute atomic E-state index is 0.0671. The van der Waals surface area contributed by atoms with Crippen molar-refractivity contribution in [2.45, 2.75) is 45.4 Å². The van der Waals surface area contributed by atoms with Crippen molar-refractivity contribution in [1.82, 2.24) is 0 Å². The van der Waals surface area contributed by atoms with Gasteiger partial charge in [-0.2, -0.15) is 0 Å². The number of fused-ring (bicyclic) bond motifs is 3. The largest absolute Gasteiger partial charge is 0.299 e. The molecule has 3 aliphatic rings. The normalized spacial score (nSPS) is 42.7. The molecule has 3 atom stereocenters. The van der Waals surface area contributed by atoms with Crippen LogP contribution in [0.4, 0.5) is 0 Å². The predicted octanol–water partition coefficient (Wildman–Crippen LogP) is 2.67. The maximum atomic E-state index is 12.0. The molecular weight excluding hydrogens is 200 g/mol. The quantitative estimate of drug-likeness (QED) is 0.626. The third-order valence-corrected chi connectivity index (χ3v) is 5.08. The third kappa shape index (κ3) is 1.25. The summed E-state index contributed by atoms with van der Waals surface area (Å²) in [4.78, 5) is 23.4. The van der Waals surface area contributed by atoms with E-state index >= 15 is 0 Å². The second-order valence-electron chi connectivity index (χ2n) is 5.82. The lowest BCUT2D eigenvalue weighted by Crippen LogP contribution is -2.39. The van der Waals surface area contributed by atoms with E-state index in [1.165, 1.54) is 5.57 Å². The third-order valence-electron chi connectivity index (χ3n) is 5.08. The number of rotatable bonds is 0. The van der Waals surface area contributed by atoms with Crippen molar-refractivity contribution in [2.75, 3.05) is 0 Å². The van der Waals surface area contributed by atoms with Gasteiger partial charge in [0.05, 0.1) is 0 Å². The summed E-state index contributed by atoms with van der Waals surface area (Å²) in [5.74, 6) is 1.81. The highest BCUT2D eigenvalue weighted by atomic mass is 16.1. The number of hydrogen-bond donors (Lipinski definition) is 0. The van der Waals surface area contributed by atoms with Crippen LogP contribution in [0.3, 0.4) is 0 Å². The SMILES string of the molecule is C[C@]12CCC3=CC(=O)CC[C@H]3[C@@H]1CCC2=O. The molecule has 0 spiro atoms. The van der Waals surface area contributed by atoms with E-state index in [4.69, 9.17) is 0 Å². The molecule has 0 aliphatic heterocycles. The van der Waals surface area contributed by atoms with Crippen LogP contribution < -0.4 is 0 Å². The summed E-state index contributed by atoms with van der Waals surface area (Å²) >= 11 is 0. The Kier molecular flexibility index (Phi) is 2.10. The number of ketones is 2. The Morgan fingerprint density at radius 1 is 1.19 bits per heavy atom. The molecule has 2 saturated carbocycles. The van der Waals surface area contributed by atoms with Gasteiger partial charge in [0.2, 0.25) is 0 Å². The molecule has 2 heteroatoms. The number of carbonyl (C=O) groups excluding carboxylic acids is 2. The van der Waals surface area contributed by atoms with Crippen LogP contribution in [0, 0.1) is 17.3 Å². The van der Waals surface area contributed by atoms with Crippen molar-refractivity contribution in [3.05, 3.63) is 11.6 Å². The Hall–Kier alpha value is -0.920. The van der Waals surface area contributed by atoms with Crippen molar-refractivity contribution in [3.63, 3.8) is 0 Å². The van der Waals surface area contributed by atoms with E-state index < -0.39 is 0 Å². The zero-order valence-corrected chi connectivity index (χ0v) is 9.79. The van der Waals surface area contributed by atoms with Crippen LogP contribution in [-0.4, -0.2) is 11.6 Å². The van der Waals surface area contributed by atoms with Gasteiger partial charge in [0, 0.05) is 18.3 Å². The zero-order valence-electron chi connectivity index (χ0n) is 9.79. The molecule has 3 rings (SSSR count). The van der Waals surface area contributed by atoms with Gasteiger partial charge in [-0.25, -0.2) is 0 Å². The van der Waals surface area contributed by atoms with Crippen molar-refractivity contribution < 1.29 is 9.59 Å². The Morgan fingerprint density at radius 2 is 2.00 bits per heavy atom. The molecule has 16 heavy (non-hydrogen) atoms. The molecule has 0 amide bonds. The molecule has 0 radical (unpaired) electrons. The number of hydrogen-bond acceptors (Lipinski definition) is 2. The van der Waals surface area contributed by atoms with Gasteiger partial charge < -0.3 is 0 Å². The lowest BCUT2D eigenvalue weighted by molar-refractivity contribution is -0.128. The second-order valence-corrected chi connectivity index (χ2v) is 5.82. The topological polar surface area (TPSA) is 34.1 Å². The predicted molar refractivity (Wildman–Crippen MR) is 60.9 cm³/mol. The van der Waals surface area contributed by atoms with Crippen molar-refractivity contribution in [1.29, 1.82) is 0 Å². The highest BCUT2D eigenvalue weighted by molar-refractivity contribution is 5.92. The molecule has 0 bridgehead atoms. The fourth-order valence-electron chi connectivity index (χ4n) is 4.06. The smallest absolute Gasteiger partial charge is 0.155 e. The number of carbonyl (C=O) groups is 2. The monoisotopic (exact) mass is 218 g/mol. The maximum absolute atomic E-state index is 12.0. The average Bonchev–Trinajstić information content (AvgIpc) is 2.56. The van der Waals surface area contributed by atoms with Gasteiger partial charge in [-0.15, -0.1) is 0 Å². The van der Waals surface area contributed by atoms with Gasteiger partial charge >= 0.3 is 0 Å². The van der Waals surface area contributed by atoms with Crippen LogP contribution in [0.1, 0.15) is 45.4 Å². The first kappa shape index (κ1) is 10.2. The second kappa shape index (κ2) is 3.28. The minimum Gasteiger partial charge on any atom is -0.299 e. The van der Waals surface area contributed by atoms with Gasteiger partial charge in [0.1, 0.15) is 5.78 Å². The molecule has 0 N–H and O–H groups in total. The summed E-state index contributed by atoms with van der Waals surface area (Å²) in [6.07, 6.45) is 7.29. The molecule has 0 aromatic rings. The van der Waals surface area contributed by atoms with Crippen molar-refractivity contribution in [3.8, 4) is 0 Å². The first-order chi connectivity index (χ1) is 7.61. The standard InChI is InChI=1S/C14H18O2/c1-14-7-6-9-8-10(15)2-3-11(9)12(14)4-5-13(14)16/h8,11-12H,2-7H2,1H3/t11-,12+,14+/m1/s1. The summed E-state index contributed by atoms with van der Waals surface area (Å²) in [6.45, 7) is 2.15. The molecule has 2 nitrogen and oxygen atoms in total. The molecule has 0 aromatic carbocycles. The van der Waals surface area contributed by atoms with E-state index in [1.54, 1.807) is 0 Å². The number of Topliss-reactive ketones (excluding diaryl/α,β-unsaturated/α-hetero) is 1. The lowest BCUT2D eigenvalue weighted by Gasteiger charge is -2.43. The molecule has 0 heterocycles. The molecule has 2 fully saturated rings. The summed E-state index contributed by atoms with van der Waals surface area (Å²) in [5.41, 5.74) is 1.27. The molecule has 0 saturated heterocycles. The summed E-state index contributed by atoms with van der Waals surface area (Å²) in [7, 11) is 0. The van der Waals surface area contributed by atoms with Gasteiger partial charge in [-0.05, 0) is 43.6 Å². The summed E-state index contributed by atoms with van der Waals surface area (Å²) in [6, 6.07) is 0. The molecule has 0 aromatic heterocycles. The Bertz CT molecular complexity index is 394. The maximum Gasteiger partial charge on any atom is 0.155 e. The highest BCUT2D eigenvalue weighted by Crippen LogP contribution is 2.55. The van der Waals surface area contributed by atoms with Gasteiger partial charge in [0.15, 0.2) is 5.78 Å². The van der Waals surface area contributed by atoms with Crippen LogP contribution in [0.2, 0.25) is 0 Å². The van der Waals surface area contributed by atoms with Crippen LogP contribution in [0.15, 0.2) is 11.6 Å². The van der Waals surface area contributed by atoms with Crippen LogP contribution in [0.25, 0.3) is 0 Å². The summed E-state index contributed by atoms with van der Waals surface area (Å²) in [5, 5.41) is 0. The molecule has 86 valence electrons. The van der Waals surface area contributed by atoms with E-state index in [0.29, 0.717) is 29.8 Å². The Morgan fingerprint density at radius 3 is 2.81 bits per heavy atom. The average molecular weight is 218 g/mol. The fraction of sp³-hybridized carbons (Fsp3) is 0.714.